The molecule has 0 aromatic heterocycles. The monoisotopic (exact) mass is 804 g/mol. The molecule has 8 aromatic carbocycles. The van der Waals surface area contributed by atoms with E-state index in [1.54, 1.807) is 0 Å². The number of hydrogen-bond donors (Lipinski definition) is 0. The second-order valence-corrected chi connectivity index (χ2v) is 23.0. The topological polar surface area (TPSA) is 18.5 Å². The zero-order valence-corrected chi connectivity index (χ0v) is 33.8. The molecular formula is C48H32B2F6O2Si. The van der Waals surface area contributed by atoms with Gasteiger partial charge in [0.2, 0.25) is 0 Å². The molecule has 4 aliphatic heterocycles. The largest absolute Gasteiger partial charge is 0.458 e. The highest BCUT2D eigenvalue weighted by Crippen LogP contribution is 2.49. The first-order valence-corrected chi connectivity index (χ1v) is 23.3. The normalized spacial score (nSPS) is 14.6. The van der Waals surface area contributed by atoms with Crippen LogP contribution in [0.4, 0.5) is 26.3 Å². The number of fused-ring (bicyclic) bond motifs is 8. The van der Waals surface area contributed by atoms with Gasteiger partial charge in [-0.15, -0.1) is 0 Å². The van der Waals surface area contributed by atoms with Crippen LogP contribution in [0.3, 0.4) is 0 Å². The number of aryl methyl sites for hydroxylation is 3. The minimum absolute atomic E-state index is 0.0754. The number of ether oxygens (including phenoxy) is 2. The number of alkyl halides is 6. The Kier molecular flexibility index (Phi) is 6.53. The Hall–Kier alpha value is -5.67. The lowest BCUT2D eigenvalue weighted by molar-refractivity contribution is -0.138. The first-order chi connectivity index (χ1) is 27.9. The fourth-order valence-electron chi connectivity index (χ4n) is 10.9. The van der Waals surface area contributed by atoms with Crippen molar-refractivity contribution in [3.05, 3.63) is 113 Å². The molecule has 0 amide bonds. The Morgan fingerprint density at radius 3 is 1.63 bits per heavy atom. The van der Waals surface area contributed by atoms with Crippen molar-refractivity contribution in [1.82, 2.24) is 0 Å². The Morgan fingerprint density at radius 2 is 0.983 bits per heavy atom. The van der Waals surface area contributed by atoms with Gasteiger partial charge in [-0.25, -0.2) is 0 Å². The second kappa shape index (κ2) is 10.9. The van der Waals surface area contributed by atoms with E-state index in [-0.39, 0.29) is 18.2 Å². The van der Waals surface area contributed by atoms with Gasteiger partial charge < -0.3 is 9.47 Å². The maximum atomic E-state index is 14.8. The summed E-state index contributed by atoms with van der Waals surface area (Å²) in [4.78, 5) is 0. The maximum Gasteiger partial charge on any atom is 0.416 e. The van der Waals surface area contributed by atoms with Crippen LogP contribution in [-0.4, -0.2) is 21.5 Å². The molecule has 4 aliphatic rings. The van der Waals surface area contributed by atoms with Crippen molar-refractivity contribution in [1.29, 1.82) is 0 Å². The van der Waals surface area contributed by atoms with Gasteiger partial charge in [-0.3, -0.25) is 0 Å². The van der Waals surface area contributed by atoms with Crippen LogP contribution in [0.5, 0.6) is 23.0 Å². The van der Waals surface area contributed by atoms with Gasteiger partial charge in [-0.05, 0) is 144 Å². The minimum atomic E-state index is -4.73. The first kappa shape index (κ1) is 35.3. The quantitative estimate of drug-likeness (QED) is 0.0937. The lowest BCUT2D eigenvalue weighted by atomic mass is 9.32. The van der Waals surface area contributed by atoms with E-state index in [1.165, 1.54) is 17.3 Å². The van der Waals surface area contributed by atoms with Gasteiger partial charge in [0.15, 0.2) is 0 Å². The van der Waals surface area contributed by atoms with Crippen molar-refractivity contribution in [3.8, 4) is 45.3 Å². The molecule has 0 saturated carbocycles. The summed E-state index contributed by atoms with van der Waals surface area (Å²) >= 11 is 0. The maximum absolute atomic E-state index is 14.8. The van der Waals surface area contributed by atoms with E-state index in [1.807, 2.05) is 13.0 Å². The van der Waals surface area contributed by atoms with Crippen molar-refractivity contribution in [2.24, 2.45) is 0 Å². The van der Waals surface area contributed by atoms with E-state index >= 15 is 0 Å². The lowest BCUT2D eigenvalue weighted by Crippen LogP contribution is -2.58. The molecule has 59 heavy (non-hydrogen) atoms. The summed E-state index contributed by atoms with van der Waals surface area (Å²) < 4.78 is 99.5. The molecule has 2 nitrogen and oxygen atoms in total. The zero-order valence-electron chi connectivity index (χ0n) is 32.8. The third-order valence-corrected chi connectivity index (χ3v) is 15.3. The summed E-state index contributed by atoms with van der Waals surface area (Å²) in [5, 5.41) is 7.34. The molecule has 0 fully saturated rings. The molecule has 0 atom stereocenters. The minimum Gasteiger partial charge on any atom is -0.458 e. The Bertz CT molecular complexity index is 3290. The first-order valence-electron chi connectivity index (χ1n) is 19.8. The van der Waals surface area contributed by atoms with Crippen molar-refractivity contribution < 1.29 is 35.8 Å². The van der Waals surface area contributed by atoms with E-state index in [2.05, 4.69) is 82.0 Å². The molecule has 0 N–H and O–H groups in total. The van der Waals surface area contributed by atoms with Crippen LogP contribution in [0.2, 0.25) is 19.6 Å². The third kappa shape index (κ3) is 4.57. The second-order valence-electron chi connectivity index (χ2n) is 18.0. The van der Waals surface area contributed by atoms with Crippen molar-refractivity contribution in [2.75, 3.05) is 0 Å². The highest BCUT2D eigenvalue weighted by Gasteiger charge is 2.46. The molecule has 0 aliphatic carbocycles. The molecule has 288 valence electrons. The molecule has 0 unspecified atom stereocenters. The predicted octanol–water partition coefficient (Wildman–Crippen LogP) is 9.30. The zero-order chi connectivity index (χ0) is 41.0. The fraction of sp³-hybridized carbons (Fsp3) is 0.167. The molecule has 0 radical (unpaired) electrons. The summed E-state index contributed by atoms with van der Waals surface area (Å²) in [5.41, 5.74) is 9.82. The van der Waals surface area contributed by atoms with Gasteiger partial charge in [0, 0.05) is 0 Å². The summed E-state index contributed by atoms with van der Waals surface area (Å²) in [6.45, 7) is 12.3. The third-order valence-electron chi connectivity index (χ3n) is 13.3. The van der Waals surface area contributed by atoms with Crippen LogP contribution in [0.25, 0.3) is 54.6 Å². The lowest BCUT2D eigenvalue weighted by Gasteiger charge is -2.38. The van der Waals surface area contributed by atoms with E-state index in [9.17, 15) is 26.3 Å². The average molecular weight is 804 g/mol. The number of benzene rings is 8. The molecule has 8 aromatic rings. The van der Waals surface area contributed by atoms with Crippen LogP contribution in [0.15, 0.2) is 84.9 Å². The standard InChI is InChI=1S/C48H32B2F6O2Si/c1-21-7-9-32-36(12-21)57-38-13-22(2)11-29-28-20-40(59(4,5)6)31-19-35-41-27(14-23(3)26-18-34(49(32)45(29)38)42(28)44(31)43(26)41)30-15-25(48(54,55)56)17-39-46(30)50(35)33-10-8-24(47(51,52)53)16-37(33)58-39/h7-20H,1-6H3. The number of hydrogen-bond acceptors (Lipinski definition) is 2. The molecule has 11 heteroatoms. The molecule has 0 bridgehead atoms. The average Bonchev–Trinajstić information content (AvgIpc) is 3.15. The van der Waals surface area contributed by atoms with Crippen LogP contribution in [0, 0.1) is 20.8 Å². The smallest absolute Gasteiger partial charge is 0.416 e. The van der Waals surface area contributed by atoms with Crippen LogP contribution in [-0.2, 0) is 12.4 Å². The molecule has 0 saturated heterocycles. The summed E-state index contributed by atoms with van der Waals surface area (Å²) in [7, 11) is -2.17. The van der Waals surface area contributed by atoms with E-state index in [0.29, 0.717) is 22.1 Å². The van der Waals surface area contributed by atoms with Gasteiger partial charge in [-0.1, -0.05) is 90.4 Å². The SMILES string of the molecule is Cc1ccc2c(c1)Oc1cc(C)cc3c1B2c1cc2c(C)cc4c5c(cc6c([Si](C)(C)C)cc-3c1c6c25)B1c2ccc(C(F)(F)F)cc2Oc2cc(C(F)(F)F)cc-4c21. The highest BCUT2D eigenvalue weighted by molar-refractivity contribution is 7.02. The highest BCUT2D eigenvalue weighted by atomic mass is 28.3. The van der Waals surface area contributed by atoms with Crippen molar-refractivity contribution in [2.45, 2.75) is 52.8 Å². The summed E-state index contributed by atoms with van der Waals surface area (Å²) in [5.74, 6) is 1.50. The Balaban J connectivity index is 1.29. The van der Waals surface area contributed by atoms with Gasteiger partial charge in [0.25, 0.3) is 13.4 Å². The predicted molar refractivity (Wildman–Crippen MR) is 231 cm³/mol. The van der Waals surface area contributed by atoms with Gasteiger partial charge in [-0.2, -0.15) is 26.3 Å². The molecule has 4 heterocycles. The summed E-state index contributed by atoms with van der Waals surface area (Å²) in [6, 6.07) is 25.2. The number of rotatable bonds is 1. The van der Waals surface area contributed by atoms with Gasteiger partial charge in [0.1, 0.15) is 23.0 Å². The van der Waals surface area contributed by atoms with E-state index in [4.69, 9.17) is 9.47 Å². The fourth-order valence-corrected chi connectivity index (χ4v) is 12.5. The Labute approximate surface area is 337 Å². The van der Waals surface area contributed by atoms with Crippen molar-refractivity contribution >= 4 is 91.8 Å². The van der Waals surface area contributed by atoms with Crippen molar-refractivity contribution in [3.63, 3.8) is 0 Å². The van der Waals surface area contributed by atoms with Crippen LogP contribution >= 0.6 is 0 Å². The molecule has 0 spiro atoms. The van der Waals surface area contributed by atoms with Crippen LogP contribution < -0.4 is 47.4 Å². The van der Waals surface area contributed by atoms with E-state index < -0.39 is 38.3 Å². The van der Waals surface area contributed by atoms with Gasteiger partial charge in [0.05, 0.1) is 19.2 Å². The van der Waals surface area contributed by atoms with E-state index in [0.717, 1.165) is 112 Å². The Morgan fingerprint density at radius 1 is 0.458 bits per heavy atom. The summed E-state index contributed by atoms with van der Waals surface area (Å²) in [6.07, 6.45) is -9.40. The number of halogens is 6. The van der Waals surface area contributed by atoms with Gasteiger partial charge >= 0.3 is 12.4 Å². The molecular weight excluding hydrogens is 772 g/mol. The van der Waals surface area contributed by atoms with Crippen LogP contribution in [0.1, 0.15) is 27.8 Å². The molecule has 12 rings (SSSR count).